The first-order valence-corrected chi connectivity index (χ1v) is 9.54. The molecule has 2 aromatic carbocycles. The summed E-state index contributed by atoms with van der Waals surface area (Å²) < 4.78 is 67.8. The highest BCUT2D eigenvalue weighted by molar-refractivity contribution is 5.46. The molecule has 3 rings (SSSR count). The van der Waals surface area contributed by atoms with Crippen molar-refractivity contribution in [1.29, 1.82) is 0 Å². The van der Waals surface area contributed by atoms with Crippen LogP contribution in [0.4, 0.5) is 22.0 Å². The molecule has 1 aliphatic rings. The molecule has 0 aromatic heterocycles. The van der Waals surface area contributed by atoms with E-state index in [-0.39, 0.29) is 17.0 Å². The molecule has 0 N–H and O–H groups in total. The van der Waals surface area contributed by atoms with Gasteiger partial charge < -0.3 is 0 Å². The van der Waals surface area contributed by atoms with Gasteiger partial charge in [0.1, 0.15) is 0 Å². The molecule has 0 nitrogen and oxygen atoms in total. The molecule has 0 spiro atoms. The minimum atomic E-state index is -1.59. The summed E-state index contributed by atoms with van der Waals surface area (Å²) in [5, 5.41) is 0. The SMILES string of the molecule is CCC[C@H]1CC[C@H](c2cc(F)c(F)c(C#Cc3cc(F)c(F)c(F)c3)c2)CC1. The van der Waals surface area contributed by atoms with E-state index in [1.54, 1.807) is 0 Å². The van der Waals surface area contributed by atoms with Crippen LogP contribution in [0.15, 0.2) is 24.3 Å². The van der Waals surface area contributed by atoms with E-state index in [9.17, 15) is 22.0 Å². The van der Waals surface area contributed by atoms with Crippen LogP contribution in [-0.2, 0) is 0 Å². The Balaban J connectivity index is 1.85. The van der Waals surface area contributed by atoms with Crippen molar-refractivity contribution in [3.63, 3.8) is 0 Å². The van der Waals surface area contributed by atoms with Gasteiger partial charge in [-0.05, 0) is 67.3 Å². The predicted molar refractivity (Wildman–Crippen MR) is 98.3 cm³/mol. The van der Waals surface area contributed by atoms with Crippen LogP contribution in [0.1, 0.15) is 68.1 Å². The molecular weight excluding hydrogens is 371 g/mol. The third-order valence-electron chi connectivity index (χ3n) is 5.39. The smallest absolute Gasteiger partial charge is 0.194 e. The third-order valence-corrected chi connectivity index (χ3v) is 5.39. The summed E-state index contributed by atoms with van der Waals surface area (Å²) in [6.07, 6.45) is 6.28. The van der Waals surface area contributed by atoms with Gasteiger partial charge in [0.15, 0.2) is 29.1 Å². The van der Waals surface area contributed by atoms with Gasteiger partial charge in [-0.1, -0.05) is 31.6 Å². The molecule has 1 aliphatic carbocycles. The van der Waals surface area contributed by atoms with Gasteiger partial charge in [-0.2, -0.15) is 0 Å². The first kappa shape index (κ1) is 20.4. The van der Waals surface area contributed by atoms with Crippen LogP contribution in [0.25, 0.3) is 0 Å². The molecule has 0 saturated heterocycles. The normalized spacial score (nSPS) is 19.2. The Morgan fingerprint density at radius 1 is 0.786 bits per heavy atom. The molecule has 28 heavy (non-hydrogen) atoms. The highest BCUT2D eigenvalue weighted by Crippen LogP contribution is 2.38. The highest BCUT2D eigenvalue weighted by Gasteiger charge is 2.23. The van der Waals surface area contributed by atoms with E-state index in [4.69, 9.17) is 0 Å². The Bertz CT molecular complexity index is 892. The van der Waals surface area contributed by atoms with Crippen molar-refractivity contribution in [3.05, 3.63) is 70.0 Å². The second-order valence-corrected chi connectivity index (χ2v) is 7.37. The molecule has 0 unspecified atom stereocenters. The van der Waals surface area contributed by atoms with E-state index >= 15 is 0 Å². The maximum absolute atomic E-state index is 14.2. The lowest BCUT2D eigenvalue weighted by Gasteiger charge is -2.28. The van der Waals surface area contributed by atoms with Gasteiger partial charge >= 0.3 is 0 Å². The minimum absolute atomic E-state index is 0.143. The summed E-state index contributed by atoms with van der Waals surface area (Å²) in [7, 11) is 0. The number of hydrogen-bond acceptors (Lipinski definition) is 0. The van der Waals surface area contributed by atoms with Gasteiger partial charge in [-0.15, -0.1) is 0 Å². The van der Waals surface area contributed by atoms with Crippen LogP contribution in [-0.4, -0.2) is 0 Å². The second-order valence-electron chi connectivity index (χ2n) is 7.37. The Kier molecular flexibility index (Phi) is 6.39. The van der Waals surface area contributed by atoms with E-state index in [0.29, 0.717) is 11.5 Å². The van der Waals surface area contributed by atoms with E-state index in [1.807, 2.05) is 0 Å². The number of rotatable bonds is 3. The first-order valence-electron chi connectivity index (χ1n) is 9.54. The average molecular weight is 392 g/mol. The highest BCUT2D eigenvalue weighted by atomic mass is 19.2. The summed E-state index contributed by atoms with van der Waals surface area (Å²) in [4.78, 5) is 0. The van der Waals surface area contributed by atoms with Gasteiger partial charge in [0.2, 0.25) is 0 Å². The monoisotopic (exact) mass is 392 g/mol. The summed E-state index contributed by atoms with van der Waals surface area (Å²) in [6.45, 7) is 2.16. The summed E-state index contributed by atoms with van der Waals surface area (Å²) in [5.74, 6) is -0.794. The van der Waals surface area contributed by atoms with Crippen LogP contribution in [0, 0.1) is 46.8 Å². The van der Waals surface area contributed by atoms with Gasteiger partial charge in [0.25, 0.3) is 0 Å². The fraction of sp³-hybridized carbons (Fsp3) is 0.391. The Morgan fingerprint density at radius 2 is 1.39 bits per heavy atom. The average Bonchev–Trinajstić information content (AvgIpc) is 2.68. The second kappa shape index (κ2) is 8.77. The Morgan fingerprint density at radius 3 is 2.00 bits per heavy atom. The molecule has 0 aliphatic heterocycles. The maximum Gasteiger partial charge on any atom is 0.194 e. The Labute approximate surface area is 161 Å². The molecular formula is C23H21F5. The van der Waals surface area contributed by atoms with Crippen LogP contribution < -0.4 is 0 Å². The quantitative estimate of drug-likeness (QED) is 0.304. The molecule has 148 valence electrons. The lowest BCUT2D eigenvalue weighted by atomic mass is 9.77. The minimum Gasteiger partial charge on any atom is -0.204 e. The topological polar surface area (TPSA) is 0 Å². The molecule has 0 bridgehead atoms. The van der Waals surface area contributed by atoms with Gasteiger partial charge in [-0.25, -0.2) is 22.0 Å². The zero-order valence-electron chi connectivity index (χ0n) is 15.6. The molecule has 1 saturated carbocycles. The lowest BCUT2D eigenvalue weighted by molar-refractivity contribution is 0.307. The molecule has 5 heteroatoms. The number of hydrogen-bond donors (Lipinski definition) is 0. The molecule has 1 fully saturated rings. The van der Waals surface area contributed by atoms with Gasteiger partial charge in [0.05, 0.1) is 5.56 Å². The molecule has 2 aromatic rings. The lowest BCUT2D eigenvalue weighted by Crippen LogP contribution is -2.13. The van der Waals surface area contributed by atoms with Crippen LogP contribution in [0.3, 0.4) is 0 Å². The van der Waals surface area contributed by atoms with E-state index < -0.39 is 29.1 Å². The Hall–Kier alpha value is -2.35. The van der Waals surface area contributed by atoms with Gasteiger partial charge in [-0.3, -0.25) is 0 Å². The van der Waals surface area contributed by atoms with Crippen LogP contribution >= 0.6 is 0 Å². The van der Waals surface area contributed by atoms with E-state index in [2.05, 4.69) is 18.8 Å². The van der Waals surface area contributed by atoms with E-state index in [0.717, 1.165) is 44.2 Å². The maximum atomic E-state index is 14.2. The van der Waals surface area contributed by atoms with Crippen LogP contribution in [0.5, 0.6) is 0 Å². The standard InChI is InChI=1S/C23H21F5/c1-2-3-14-4-7-16(8-5-14)18-12-17(22(27)21(26)13-18)9-6-15-10-19(24)23(28)20(25)11-15/h10-14,16H,2-5,7-8H2,1H3/t14-,16-. The molecule has 0 atom stereocenters. The van der Waals surface area contributed by atoms with Crippen molar-refractivity contribution < 1.29 is 22.0 Å². The van der Waals surface area contributed by atoms with Crippen LogP contribution in [0.2, 0.25) is 0 Å². The summed E-state index contributed by atoms with van der Waals surface area (Å²) >= 11 is 0. The fourth-order valence-corrected chi connectivity index (χ4v) is 3.90. The van der Waals surface area contributed by atoms with Crippen molar-refractivity contribution >= 4 is 0 Å². The van der Waals surface area contributed by atoms with Crippen molar-refractivity contribution in [2.75, 3.05) is 0 Å². The predicted octanol–water partition coefficient (Wildman–Crippen LogP) is 6.86. The van der Waals surface area contributed by atoms with Gasteiger partial charge in [0, 0.05) is 5.56 Å². The molecule has 0 radical (unpaired) electrons. The number of benzene rings is 2. The fourth-order valence-electron chi connectivity index (χ4n) is 3.90. The summed E-state index contributed by atoms with van der Waals surface area (Å²) in [6, 6.07) is 4.16. The van der Waals surface area contributed by atoms with Crippen molar-refractivity contribution in [3.8, 4) is 11.8 Å². The summed E-state index contributed by atoms with van der Waals surface area (Å²) in [5.41, 5.74) is 0.368. The molecule has 0 amide bonds. The zero-order valence-corrected chi connectivity index (χ0v) is 15.6. The van der Waals surface area contributed by atoms with Crippen molar-refractivity contribution in [1.82, 2.24) is 0 Å². The number of halogens is 5. The first-order chi connectivity index (χ1) is 13.4. The largest absolute Gasteiger partial charge is 0.204 e. The zero-order chi connectivity index (χ0) is 20.3. The third kappa shape index (κ3) is 4.55. The van der Waals surface area contributed by atoms with Crippen molar-refractivity contribution in [2.24, 2.45) is 5.92 Å². The van der Waals surface area contributed by atoms with Crippen molar-refractivity contribution in [2.45, 2.75) is 51.4 Å². The molecule has 0 heterocycles. The van der Waals surface area contributed by atoms with E-state index in [1.165, 1.54) is 18.6 Å².